The van der Waals surface area contributed by atoms with E-state index in [0.717, 1.165) is 5.69 Å². The fourth-order valence-corrected chi connectivity index (χ4v) is 1.00. The van der Waals surface area contributed by atoms with E-state index < -0.39 is 6.04 Å². The van der Waals surface area contributed by atoms with Gasteiger partial charge in [0.1, 0.15) is 0 Å². The highest BCUT2D eigenvalue weighted by Gasteiger charge is 2.14. The van der Waals surface area contributed by atoms with E-state index in [2.05, 4.69) is 4.98 Å². The van der Waals surface area contributed by atoms with Crippen LogP contribution in [0.5, 0.6) is 0 Å². The molecular weight excluding hydrogens is 166 g/mol. The summed E-state index contributed by atoms with van der Waals surface area (Å²) in [5.74, 6) is -0.105. The van der Waals surface area contributed by atoms with Crippen LogP contribution < -0.4 is 10.6 Å². The number of anilines is 1. The van der Waals surface area contributed by atoms with Crippen LogP contribution in [0.15, 0.2) is 24.5 Å². The maximum absolute atomic E-state index is 11.4. The first-order chi connectivity index (χ1) is 6.13. The average molecular weight is 179 g/mol. The number of pyridine rings is 1. The van der Waals surface area contributed by atoms with Crippen LogP contribution in [0.25, 0.3) is 0 Å². The van der Waals surface area contributed by atoms with Gasteiger partial charge in [0.2, 0.25) is 5.91 Å². The summed E-state index contributed by atoms with van der Waals surface area (Å²) in [6.45, 7) is 1.67. The summed E-state index contributed by atoms with van der Waals surface area (Å²) in [6.07, 6.45) is 3.28. The van der Waals surface area contributed by atoms with E-state index in [4.69, 9.17) is 5.73 Å². The van der Waals surface area contributed by atoms with Gasteiger partial charge < -0.3 is 10.6 Å². The van der Waals surface area contributed by atoms with Gasteiger partial charge in [-0.25, -0.2) is 0 Å². The molecule has 4 heteroatoms. The number of nitrogens with two attached hydrogens (primary N) is 1. The molecule has 0 aliphatic carbocycles. The molecule has 0 saturated carbocycles. The van der Waals surface area contributed by atoms with Gasteiger partial charge in [-0.15, -0.1) is 0 Å². The van der Waals surface area contributed by atoms with Gasteiger partial charge in [0.15, 0.2) is 0 Å². The number of amides is 1. The van der Waals surface area contributed by atoms with Crippen molar-refractivity contribution in [3.63, 3.8) is 0 Å². The molecule has 0 aliphatic heterocycles. The van der Waals surface area contributed by atoms with Crippen molar-refractivity contribution in [3.8, 4) is 0 Å². The minimum absolute atomic E-state index is 0.105. The molecule has 0 fully saturated rings. The monoisotopic (exact) mass is 179 g/mol. The molecule has 13 heavy (non-hydrogen) atoms. The van der Waals surface area contributed by atoms with Gasteiger partial charge in [-0.2, -0.15) is 0 Å². The minimum Gasteiger partial charge on any atom is -0.320 e. The van der Waals surface area contributed by atoms with E-state index in [0.29, 0.717) is 0 Å². The summed E-state index contributed by atoms with van der Waals surface area (Å²) < 4.78 is 0. The summed E-state index contributed by atoms with van der Waals surface area (Å²) in [4.78, 5) is 16.8. The van der Waals surface area contributed by atoms with Crippen LogP contribution in [0.4, 0.5) is 5.69 Å². The van der Waals surface area contributed by atoms with Gasteiger partial charge in [0.25, 0.3) is 0 Å². The van der Waals surface area contributed by atoms with Crippen LogP contribution in [0, 0.1) is 0 Å². The van der Waals surface area contributed by atoms with Crippen LogP contribution in [-0.4, -0.2) is 24.0 Å². The van der Waals surface area contributed by atoms with Gasteiger partial charge >= 0.3 is 0 Å². The first-order valence-electron chi connectivity index (χ1n) is 4.06. The lowest BCUT2D eigenvalue weighted by Gasteiger charge is -2.18. The van der Waals surface area contributed by atoms with Gasteiger partial charge in [-0.3, -0.25) is 9.78 Å². The molecule has 70 valence electrons. The number of nitrogens with zero attached hydrogens (tertiary/aromatic N) is 2. The van der Waals surface area contributed by atoms with Gasteiger partial charge in [-0.05, 0) is 19.1 Å². The highest BCUT2D eigenvalue weighted by Crippen LogP contribution is 2.10. The number of aromatic nitrogens is 1. The third-order valence-corrected chi connectivity index (χ3v) is 1.77. The van der Waals surface area contributed by atoms with Gasteiger partial charge in [0.05, 0.1) is 6.04 Å². The van der Waals surface area contributed by atoms with Crippen molar-refractivity contribution >= 4 is 11.6 Å². The minimum atomic E-state index is -0.474. The fraction of sp³-hybridized carbons (Fsp3) is 0.333. The first-order valence-corrected chi connectivity index (χ1v) is 4.06. The molecule has 1 amide bonds. The standard InChI is InChI=1S/C9H13N3O/c1-7(10)9(13)12(2)8-3-5-11-6-4-8/h3-7H,10H2,1-2H3/t7-/m0/s1. The molecule has 1 atom stereocenters. The Hall–Kier alpha value is -1.42. The first kappa shape index (κ1) is 9.67. The lowest BCUT2D eigenvalue weighted by molar-refractivity contribution is -0.119. The lowest BCUT2D eigenvalue weighted by atomic mass is 10.3. The molecule has 1 heterocycles. The molecule has 1 aromatic rings. The zero-order valence-electron chi connectivity index (χ0n) is 7.77. The lowest BCUT2D eigenvalue weighted by Crippen LogP contribution is -2.39. The molecule has 1 aromatic heterocycles. The van der Waals surface area contributed by atoms with E-state index in [1.54, 1.807) is 38.5 Å². The maximum Gasteiger partial charge on any atom is 0.243 e. The summed E-state index contributed by atoms with van der Waals surface area (Å²) in [7, 11) is 1.70. The predicted octanol–water partition coefficient (Wildman–Crippen LogP) is 0.392. The summed E-state index contributed by atoms with van der Waals surface area (Å²) in [6, 6.07) is 3.05. The van der Waals surface area contributed by atoms with E-state index in [1.807, 2.05) is 0 Å². The van der Waals surface area contributed by atoms with E-state index in [1.165, 1.54) is 4.90 Å². The average Bonchev–Trinajstić information content (AvgIpc) is 2.17. The molecule has 4 nitrogen and oxygen atoms in total. The van der Waals surface area contributed by atoms with Crippen LogP contribution in [-0.2, 0) is 4.79 Å². The topological polar surface area (TPSA) is 59.2 Å². The van der Waals surface area contributed by atoms with Crippen LogP contribution in [0.1, 0.15) is 6.92 Å². The highest BCUT2D eigenvalue weighted by molar-refractivity contribution is 5.96. The number of hydrogen-bond acceptors (Lipinski definition) is 3. The van der Waals surface area contributed by atoms with E-state index >= 15 is 0 Å². The SMILES string of the molecule is C[C@H](N)C(=O)N(C)c1ccncc1. The second-order valence-electron chi connectivity index (χ2n) is 2.89. The molecule has 0 unspecified atom stereocenters. The van der Waals surface area contributed by atoms with Crippen molar-refractivity contribution in [2.24, 2.45) is 5.73 Å². The third kappa shape index (κ3) is 2.26. The van der Waals surface area contributed by atoms with Crippen molar-refractivity contribution < 1.29 is 4.79 Å². The van der Waals surface area contributed by atoms with E-state index in [-0.39, 0.29) is 5.91 Å². The normalized spacial score (nSPS) is 12.2. The molecule has 0 saturated heterocycles. The molecule has 1 rings (SSSR count). The van der Waals surface area contributed by atoms with Gasteiger partial charge in [-0.1, -0.05) is 0 Å². The Morgan fingerprint density at radius 2 is 2.08 bits per heavy atom. The second kappa shape index (κ2) is 4.00. The quantitative estimate of drug-likeness (QED) is 0.714. The predicted molar refractivity (Wildman–Crippen MR) is 51.3 cm³/mol. The van der Waals surface area contributed by atoms with Crippen molar-refractivity contribution in [2.45, 2.75) is 13.0 Å². The van der Waals surface area contributed by atoms with Gasteiger partial charge in [0, 0.05) is 25.1 Å². The summed E-state index contributed by atoms with van der Waals surface area (Å²) >= 11 is 0. The van der Waals surface area contributed by atoms with Crippen molar-refractivity contribution in [3.05, 3.63) is 24.5 Å². The third-order valence-electron chi connectivity index (χ3n) is 1.77. The molecule has 2 N–H and O–H groups in total. The Morgan fingerprint density at radius 3 is 2.54 bits per heavy atom. The number of hydrogen-bond donors (Lipinski definition) is 1. The van der Waals surface area contributed by atoms with Crippen molar-refractivity contribution in [1.29, 1.82) is 0 Å². The van der Waals surface area contributed by atoms with Crippen molar-refractivity contribution in [1.82, 2.24) is 4.98 Å². The Labute approximate surface area is 77.4 Å². The largest absolute Gasteiger partial charge is 0.320 e. The summed E-state index contributed by atoms with van der Waals surface area (Å²) in [5.41, 5.74) is 6.27. The Morgan fingerprint density at radius 1 is 1.54 bits per heavy atom. The number of carbonyl (C=O) groups excluding carboxylic acids is 1. The summed E-state index contributed by atoms with van der Waals surface area (Å²) in [5, 5.41) is 0. The molecule has 0 bridgehead atoms. The molecule has 0 aliphatic rings. The molecule has 0 aromatic carbocycles. The molecular formula is C9H13N3O. The number of rotatable bonds is 2. The number of carbonyl (C=O) groups is 1. The van der Waals surface area contributed by atoms with Crippen LogP contribution >= 0.6 is 0 Å². The van der Waals surface area contributed by atoms with E-state index in [9.17, 15) is 4.79 Å². The zero-order chi connectivity index (χ0) is 9.84. The van der Waals surface area contributed by atoms with Crippen LogP contribution in [0.2, 0.25) is 0 Å². The Balaban J connectivity index is 2.80. The highest BCUT2D eigenvalue weighted by atomic mass is 16.2. The maximum atomic E-state index is 11.4. The smallest absolute Gasteiger partial charge is 0.243 e. The second-order valence-corrected chi connectivity index (χ2v) is 2.89. The Kier molecular flexibility index (Phi) is 2.97. The Bertz CT molecular complexity index is 284. The zero-order valence-corrected chi connectivity index (χ0v) is 7.77. The molecule has 0 spiro atoms. The van der Waals surface area contributed by atoms with Crippen LogP contribution in [0.3, 0.4) is 0 Å². The molecule has 0 radical (unpaired) electrons. The fourth-order valence-electron chi connectivity index (χ4n) is 1.00. The van der Waals surface area contributed by atoms with Crippen molar-refractivity contribution in [2.75, 3.05) is 11.9 Å². The number of likely N-dealkylation sites (N-methyl/N-ethyl adjacent to an activating group) is 1.